The molecule has 1 aliphatic heterocycles. The van der Waals surface area contributed by atoms with Crippen LogP contribution in [0.5, 0.6) is 0 Å². The third kappa shape index (κ3) is 3.63. The van der Waals surface area contributed by atoms with Crippen molar-refractivity contribution in [1.29, 1.82) is 0 Å². The van der Waals surface area contributed by atoms with E-state index in [1.54, 1.807) is 24.3 Å². The highest BCUT2D eigenvalue weighted by molar-refractivity contribution is 7.98. The molecule has 9 heteroatoms. The van der Waals surface area contributed by atoms with Crippen LogP contribution in [0.25, 0.3) is 0 Å². The van der Waals surface area contributed by atoms with E-state index in [4.69, 9.17) is 0 Å². The van der Waals surface area contributed by atoms with E-state index in [-0.39, 0.29) is 6.54 Å². The van der Waals surface area contributed by atoms with Crippen molar-refractivity contribution < 1.29 is 19.2 Å². The largest absolute Gasteiger partial charge is 0.335 e. The van der Waals surface area contributed by atoms with Crippen LogP contribution >= 0.6 is 23.1 Å². The molecule has 5 amide bonds. The summed E-state index contributed by atoms with van der Waals surface area (Å²) >= 11 is 2.84. The second-order valence-electron chi connectivity index (χ2n) is 5.39. The van der Waals surface area contributed by atoms with Crippen molar-refractivity contribution in [1.82, 2.24) is 9.80 Å². The summed E-state index contributed by atoms with van der Waals surface area (Å²) in [6, 6.07) is 9.97. The fraction of sp³-hybridized carbons (Fsp3) is 0.176. The van der Waals surface area contributed by atoms with Crippen LogP contribution in [0.2, 0.25) is 0 Å². The van der Waals surface area contributed by atoms with E-state index in [2.05, 4.69) is 5.32 Å². The number of urea groups is 1. The summed E-state index contributed by atoms with van der Waals surface area (Å²) < 4.78 is 0. The van der Waals surface area contributed by atoms with Gasteiger partial charge in [-0.25, -0.2) is 9.69 Å². The van der Waals surface area contributed by atoms with Crippen molar-refractivity contribution in [3.63, 3.8) is 0 Å². The van der Waals surface area contributed by atoms with Gasteiger partial charge in [0, 0.05) is 9.77 Å². The molecule has 2 heterocycles. The molecule has 3 rings (SSSR count). The van der Waals surface area contributed by atoms with Gasteiger partial charge in [-0.2, -0.15) is 0 Å². The zero-order valence-corrected chi connectivity index (χ0v) is 15.4. The van der Waals surface area contributed by atoms with Gasteiger partial charge in [-0.15, -0.1) is 23.1 Å². The monoisotopic (exact) mass is 389 g/mol. The lowest BCUT2D eigenvalue weighted by molar-refractivity contribution is -0.143. The van der Waals surface area contributed by atoms with Crippen molar-refractivity contribution >= 4 is 52.5 Å². The van der Waals surface area contributed by atoms with Gasteiger partial charge in [0.1, 0.15) is 6.54 Å². The van der Waals surface area contributed by atoms with E-state index in [0.717, 1.165) is 14.7 Å². The fourth-order valence-corrected chi connectivity index (χ4v) is 3.72. The van der Waals surface area contributed by atoms with Gasteiger partial charge in [0.2, 0.25) is 5.91 Å². The Hall–Kier alpha value is -2.65. The van der Waals surface area contributed by atoms with E-state index in [1.165, 1.54) is 23.1 Å². The van der Waals surface area contributed by atoms with Crippen molar-refractivity contribution in [3.05, 3.63) is 46.7 Å². The molecule has 0 saturated carbocycles. The second kappa shape index (κ2) is 7.71. The minimum absolute atomic E-state index is 0.0223. The van der Waals surface area contributed by atoms with E-state index < -0.39 is 30.3 Å². The van der Waals surface area contributed by atoms with Crippen LogP contribution in [0.4, 0.5) is 10.5 Å². The molecule has 26 heavy (non-hydrogen) atoms. The molecule has 0 aliphatic carbocycles. The van der Waals surface area contributed by atoms with Gasteiger partial charge in [-0.1, -0.05) is 18.2 Å². The summed E-state index contributed by atoms with van der Waals surface area (Å²) in [5.41, 5.74) is 0.589. The summed E-state index contributed by atoms with van der Waals surface area (Å²) in [5.74, 6) is -2.44. The Kier molecular flexibility index (Phi) is 5.38. The number of carbonyl (C=O) groups is 4. The molecule has 1 N–H and O–H groups in total. The van der Waals surface area contributed by atoms with Crippen LogP contribution in [0.1, 0.15) is 4.88 Å². The maximum Gasteiger partial charge on any atom is 0.335 e. The lowest BCUT2D eigenvalue weighted by atomic mass is 10.3. The minimum atomic E-state index is -0.986. The molecular formula is C17H15N3O4S2. The lowest BCUT2D eigenvalue weighted by Gasteiger charge is -2.15. The van der Waals surface area contributed by atoms with E-state index in [1.807, 2.05) is 23.8 Å². The van der Waals surface area contributed by atoms with E-state index >= 15 is 0 Å². The number of nitrogens with one attached hydrogen (secondary N) is 1. The average Bonchev–Trinajstić information content (AvgIpc) is 3.21. The van der Waals surface area contributed by atoms with Crippen LogP contribution < -0.4 is 5.32 Å². The average molecular weight is 389 g/mol. The minimum Gasteiger partial charge on any atom is -0.324 e. The summed E-state index contributed by atoms with van der Waals surface area (Å²) in [5, 5.41) is 4.49. The smallest absolute Gasteiger partial charge is 0.324 e. The summed E-state index contributed by atoms with van der Waals surface area (Å²) in [4.78, 5) is 52.0. The molecule has 1 aliphatic rings. The molecule has 0 spiro atoms. The Morgan fingerprint density at radius 2 is 1.81 bits per heavy atom. The Bertz CT molecular complexity index is 867. The molecule has 1 saturated heterocycles. The first kappa shape index (κ1) is 18.2. The molecule has 0 radical (unpaired) electrons. The quantitative estimate of drug-likeness (QED) is 0.466. The summed E-state index contributed by atoms with van der Waals surface area (Å²) in [6.07, 6.45) is 1.87. The van der Waals surface area contributed by atoms with Gasteiger partial charge in [0.15, 0.2) is 0 Å². The van der Waals surface area contributed by atoms with Gasteiger partial charge in [-0.3, -0.25) is 19.3 Å². The first-order valence-electron chi connectivity index (χ1n) is 7.64. The predicted octanol–water partition coefficient (Wildman–Crippen LogP) is 2.40. The highest BCUT2D eigenvalue weighted by Gasteiger charge is 2.45. The van der Waals surface area contributed by atoms with Gasteiger partial charge in [-0.05, 0) is 29.8 Å². The Labute approximate surface area is 158 Å². The molecule has 1 fully saturated rings. The van der Waals surface area contributed by atoms with E-state index in [0.29, 0.717) is 10.6 Å². The number of amides is 5. The number of anilines is 1. The maximum absolute atomic E-state index is 12.4. The topological polar surface area (TPSA) is 86.8 Å². The highest BCUT2D eigenvalue weighted by Crippen LogP contribution is 2.25. The first-order valence-corrected chi connectivity index (χ1v) is 9.74. The van der Waals surface area contributed by atoms with Crippen molar-refractivity contribution in [3.8, 4) is 0 Å². The highest BCUT2D eigenvalue weighted by atomic mass is 32.2. The predicted molar refractivity (Wildman–Crippen MR) is 98.8 cm³/mol. The van der Waals surface area contributed by atoms with Crippen molar-refractivity contribution in [2.75, 3.05) is 18.1 Å². The summed E-state index contributed by atoms with van der Waals surface area (Å²) in [6.45, 7) is -0.485. The van der Waals surface area contributed by atoms with Crippen LogP contribution in [-0.2, 0) is 20.9 Å². The molecule has 1 aromatic carbocycles. The number of thioether (sulfide) groups is 1. The first-order chi connectivity index (χ1) is 12.5. The summed E-state index contributed by atoms with van der Waals surface area (Å²) in [7, 11) is 0. The van der Waals surface area contributed by atoms with Gasteiger partial charge in [0.05, 0.1) is 12.2 Å². The number of nitrogens with zero attached hydrogens (tertiary/aromatic N) is 2. The van der Waals surface area contributed by atoms with Gasteiger partial charge in [0.25, 0.3) is 0 Å². The number of benzene rings is 1. The SMILES string of the molecule is CSc1ccccc1NC(=O)CN1C(=O)C(=O)N(Cc2cccs2)C1=O. The number of rotatable bonds is 6. The van der Waals surface area contributed by atoms with Crippen LogP contribution in [-0.4, -0.2) is 46.4 Å². The van der Waals surface area contributed by atoms with Crippen molar-refractivity contribution in [2.24, 2.45) is 0 Å². The van der Waals surface area contributed by atoms with Gasteiger partial charge >= 0.3 is 17.8 Å². The number of carbonyl (C=O) groups excluding carboxylic acids is 4. The van der Waals surface area contributed by atoms with Crippen LogP contribution in [0.15, 0.2) is 46.7 Å². The zero-order valence-electron chi connectivity index (χ0n) is 13.8. The van der Waals surface area contributed by atoms with Crippen LogP contribution in [0, 0.1) is 0 Å². The van der Waals surface area contributed by atoms with Crippen LogP contribution in [0.3, 0.4) is 0 Å². The zero-order chi connectivity index (χ0) is 18.7. The molecule has 134 valence electrons. The molecular weight excluding hydrogens is 374 g/mol. The fourth-order valence-electron chi connectivity index (χ4n) is 2.47. The Morgan fingerprint density at radius 1 is 1.08 bits per heavy atom. The Balaban J connectivity index is 1.69. The third-order valence-electron chi connectivity index (χ3n) is 3.71. The standard InChI is InChI=1S/C17H15N3O4S2/c1-25-13-7-3-2-6-12(13)18-14(21)10-20-16(23)15(22)19(17(20)24)9-11-5-4-8-26-11/h2-8H,9-10H2,1H3,(H,18,21). The number of hydrogen-bond acceptors (Lipinski definition) is 6. The number of thiophene rings is 1. The lowest BCUT2D eigenvalue weighted by Crippen LogP contribution is -2.38. The molecule has 2 aromatic rings. The third-order valence-corrected chi connectivity index (χ3v) is 5.37. The number of imide groups is 2. The number of para-hydroxylation sites is 1. The van der Waals surface area contributed by atoms with Gasteiger partial charge < -0.3 is 5.32 Å². The molecule has 0 unspecified atom stereocenters. The molecule has 7 nitrogen and oxygen atoms in total. The Morgan fingerprint density at radius 3 is 2.50 bits per heavy atom. The molecule has 0 bridgehead atoms. The number of hydrogen-bond donors (Lipinski definition) is 1. The van der Waals surface area contributed by atoms with E-state index in [9.17, 15) is 19.2 Å². The molecule has 1 aromatic heterocycles. The normalized spacial score (nSPS) is 14.3. The van der Waals surface area contributed by atoms with Crippen molar-refractivity contribution in [2.45, 2.75) is 11.4 Å². The second-order valence-corrected chi connectivity index (χ2v) is 7.27. The maximum atomic E-state index is 12.4. The molecule has 0 atom stereocenters.